The lowest BCUT2D eigenvalue weighted by Gasteiger charge is -2.62. The van der Waals surface area contributed by atoms with E-state index in [-0.39, 0.29) is 46.9 Å². The van der Waals surface area contributed by atoms with Crippen LogP contribution in [-0.4, -0.2) is 99.2 Å². The van der Waals surface area contributed by atoms with Crippen LogP contribution in [0.15, 0.2) is 47.4 Å². The number of carbonyl (C=O) groups excluding carboxylic acids is 1. The minimum atomic E-state index is -3.86. The quantitative estimate of drug-likeness (QED) is 0.218. The standard InChI is InChI=1S/C40H62N4O7S/c1-24-32-18-28(40(32,6)7)19-33(24)41-38(47)36-35(25(2)46)34(23-45)51-44(36)21-27-14-12-16-31(37(27)50-10)26-13-11-15-30(17-26)52(48,49)42-29(22-43(8)9)20-39(3,4)5/h11-17,24-25,28-29,32-36,42,45-46H,18-23H2,1-10H3,(H,41,47)/t24-,25-,28+,29-,32+,33-,34-,35+,36-/m0/s1. The van der Waals surface area contributed by atoms with Crippen LogP contribution < -0.4 is 14.8 Å². The molecule has 4 N–H and O–H groups in total. The average Bonchev–Trinajstić information content (AvgIpc) is 3.42. The van der Waals surface area contributed by atoms with Gasteiger partial charge in [0, 0.05) is 35.7 Å². The molecular weight excluding hydrogens is 681 g/mol. The van der Waals surface area contributed by atoms with Gasteiger partial charge in [0.1, 0.15) is 17.9 Å². The molecule has 290 valence electrons. The maximum atomic E-state index is 14.2. The van der Waals surface area contributed by atoms with Crippen molar-refractivity contribution < 1.29 is 33.0 Å². The van der Waals surface area contributed by atoms with Gasteiger partial charge in [-0.2, -0.15) is 5.06 Å². The Kier molecular flexibility index (Phi) is 12.2. The molecule has 11 nitrogen and oxygen atoms in total. The minimum Gasteiger partial charge on any atom is -0.496 e. The second-order valence-electron chi connectivity index (χ2n) is 17.6. The average molecular weight is 743 g/mol. The van der Waals surface area contributed by atoms with Crippen molar-refractivity contribution in [3.05, 3.63) is 48.0 Å². The molecule has 9 atom stereocenters. The first-order chi connectivity index (χ1) is 24.3. The fourth-order valence-electron chi connectivity index (χ4n) is 9.27. The molecule has 3 aliphatic carbocycles. The van der Waals surface area contributed by atoms with Crippen LogP contribution in [0.1, 0.15) is 73.3 Å². The van der Waals surface area contributed by atoms with Crippen LogP contribution in [0.25, 0.3) is 11.1 Å². The largest absolute Gasteiger partial charge is 0.496 e. The van der Waals surface area contributed by atoms with Crippen molar-refractivity contribution >= 4 is 15.9 Å². The summed E-state index contributed by atoms with van der Waals surface area (Å²) in [6, 6.07) is 11.3. The number of fused-ring (bicyclic) bond motifs is 2. The monoisotopic (exact) mass is 742 g/mol. The Bertz CT molecular complexity index is 1670. The Labute approximate surface area is 311 Å². The third-order valence-electron chi connectivity index (χ3n) is 11.9. The van der Waals surface area contributed by atoms with Crippen molar-refractivity contribution in [2.45, 2.75) is 110 Å². The summed E-state index contributed by atoms with van der Waals surface area (Å²) in [6.07, 6.45) is 1.09. The minimum absolute atomic E-state index is 0.0245. The van der Waals surface area contributed by atoms with Crippen LogP contribution >= 0.6 is 0 Å². The fourth-order valence-corrected chi connectivity index (χ4v) is 10.5. The Balaban J connectivity index is 1.41. The van der Waals surface area contributed by atoms with Gasteiger partial charge in [-0.15, -0.1) is 0 Å². The maximum Gasteiger partial charge on any atom is 0.240 e. The van der Waals surface area contributed by atoms with Crippen LogP contribution in [0.3, 0.4) is 0 Å². The van der Waals surface area contributed by atoms with Gasteiger partial charge in [-0.1, -0.05) is 71.9 Å². The number of nitrogens with one attached hydrogen (secondary N) is 2. The SMILES string of the molecule is COc1c(CN2O[C@@H](CO)[C@@H]([C@H](C)O)[C@H]2C(=O)N[C@H]2C[C@H]3C[C@H]([C@@H]2C)C3(C)C)cccc1-c1cccc(S(=O)(=O)N[C@H](CN(C)C)CC(C)(C)C)c1. The number of ether oxygens (including phenoxy) is 1. The van der Waals surface area contributed by atoms with Crippen molar-refractivity contribution in [3.8, 4) is 16.9 Å². The van der Waals surface area contributed by atoms with E-state index in [1.807, 2.05) is 43.3 Å². The van der Waals surface area contributed by atoms with Gasteiger partial charge in [-0.05, 0) is 86.6 Å². The van der Waals surface area contributed by atoms with Gasteiger partial charge in [0.25, 0.3) is 0 Å². The van der Waals surface area contributed by atoms with E-state index in [0.29, 0.717) is 53.2 Å². The van der Waals surface area contributed by atoms with Crippen LogP contribution in [0, 0.1) is 34.5 Å². The molecule has 3 saturated carbocycles. The number of benzene rings is 2. The number of sulfonamides is 1. The molecule has 4 fully saturated rings. The topological polar surface area (TPSA) is 141 Å². The number of amides is 1. The molecule has 0 unspecified atom stereocenters. The van der Waals surface area contributed by atoms with Crippen molar-refractivity contribution in [2.24, 2.45) is 34.5 Å². The predicted molar refractivity (Wildman–Crippen MR) is 203 cm³/mol. The number of aliphatic hydroxyl groups is 2. The number of nitrogens with zero attached hydrogens (tertiary/aromatic N) is 2. The second kappa shape index (κ2) is 15.6. The Hall–Kier alpha value is -2.58. The van der Waals surface area contributed by atoms with E-state index in [1.165, 1.54) is 6.42 Å². The van der Waals surface area contributed by atoms with Gasteiger partial charge in [-0.3, -0.25) is 9.63 Å². The third kappa shape index (κ3) is 8.53. The lowest BCUT2D eigenvalue weighted by molar-refractivity contribution is -0.183. The summed E-state index contributed by atoms with van der Waals surface area (Å²) in [7, 11) is 1.56. The Morgan fingerprint density at radius 2 is 1.85 bits per heavy atom. The summed E-state index contributed by atoms with van der Waals surface area (Å²) in [6.45, 7) is 15.1. The number of hydrogen-bond acceptors (Lipinski definition) is 9. The highest BCUT2D eigenvalue weighted by Gasteiger charge is 2.57. The van der Waals surface area contributed by atoms with Crippen LogP contribution in [0.5, 0.6) is 5.75 Å². The number of methoxy groups -OCH3 is 1. The Morgan fingerprint density at radius 1 is 1.15 bits per heavy atom. The highest BCUT2D eigenvalue weighted by atomic mass is 32.2. The first kappa shape index (κ1) is 40.6. The molecule has 2 aromatic rings. The van der Waals surface area contributed by atoms with Crippen molar-refractivity contribution in [1.29, 1.82) is 0 Å². The first-order valence-electron chi connectivity index (χ1n) is 18.7. The van der Waals surface area contributed by atoms with E-state index >= 15 is 0 Å². The lowest BCUT2D eigenvalue weighted by atomic mass is 9.45. The van der Waals surface area contributed by atoms with E-state index in [2.05, 4.69) is 51.6 Å². The van der Waals surface area contributed by atoms with E-state index in [4.69, 9.17) is 9.57 Å². The molecule has 1 aliphatic heterocycles. The number of hydroxylamine groups is 2. The second-order valence-corrected chi connectivity index (χ2v) is 19.3. The summed E-state index contributed by atoms with van der Waals surface area (Å²) >= 11 is 0. The number of aliphatic hydroxyl groups excluding tert-OH is 2. The molecule has 0 aromatic heterocycles. The number of carbonyl (C=O) groups is 1. The van der Waals surface area contributed by atoms with E-state index in [0.717, 1.165) is 6.42 Å². The molecule has 0 radical (unpaired) electrons. The van der Waals surface area contributed by atoms with Gasteiger partial charge in [0.2, 0.25) is 15.9 Å². The van der Waals surface area contributed by atoms with Gasteiger partial charge in [-0.25, -0.2) is 13.1 Å². The zero-order valence-corrected chi connectivity index (χ0v) is 33.5. The highest BCUT2D eigenvalue weighted by molar-refractivity contribution is 7.89. The fraction of sp³-hybridized carbons (Fsp3) is 0.675. The van der Waals surface area contributed by atoms with Gasteiger partial charge >= 0.3 is 0 Å². The number of likely N-dealkylation sites (N-methyl/N-ethyl adjacent to an activating group) is 1. The number of para-hydroxylation sites is 1. The van der Waals surface area contributed by atoms with Crippen LogP contribution in [0.4, 0.5) is 0 Å². The molecule has 12 heteroatoms. The van der Waals surface area contributed by atoms with Crippen LogP contribution in [-0.2, 0) is 26.2 Å². The maximum absolute atomic E-state index is 14.2. The lowest BCUT2D eigenvalue weighted by Crippen LogP contribution is -2.62. The van der Waals surface area contributed by atoms with Crippen molar-refractivity contribution in [1.82, 2.24) is 20.0 Å². The van der Waals surface area contributed by atoms with E-state index in [1.54, 1.807) is 37.3 Å². The zero-order chi connectivity index (χ0) is 38.3. The molecule has 52 heavy (non-hydrogen) atoms. The summed E-state index contributed by atoms with van der Waals surface area (Å²) in [5.41, 5.74) is 2.24. The molecular formula is C40H62N4O7S. The first-order valence-corrected chi connectivity index (χ1v) is 20.2. The van der Waals surface area contributed by atoms with Gasteiger partial charge in [0.05, 0.1) is 31.3 Å². The van der Waals surface area contributed by atoms with Crippen LogP contribution in [0.2, 0.25) is 0 Å². The normalized spacial score (nSPS) is 28.7. The summed E-state index contributed by atoms with van der Waals surface area (Å²) in [5, 5.41) is 26.1. The molecule has 1 saturated heterocycles. The molecule has 2 bridgehead atoms. The molecule has 1 amide bonds. The van der Waals surface area contributed by atoms with Crippen molar-refractivity contribution in [3.63, 3.8) is 0 Å². The Morgan fingerprint density at radius 3 is 2.42 bits per heavy atom. The highest BCUT2D eigenvalue weighted by Crippen LogP contribution is 2.61. The number of hydrogen-bond donors (Lipinski definition) is 4. The summed E-state index contributed by atoms with van der Waals surface area (Å²) in [4.78, 5) is 22.5. The van der Waals surface area contributed by atoms with Gasteiger partial charge in [0.15, 0.2) is 0 Å². The zero-order valence-electron chi connectivity index (χ0n) is 32.7. The van der Waals surface area contributed by atoms with Crippen molar-refractivity contribution in [2.75, 3.05) is 34.4 Å². The predicted octanol–water partition coefficient (Wildman–Crippen LogP) is 4.67. The molecule has 1 heterocycles. The molecule has 2 aromatic carbocycles. The van der Waals surface area contributed by atoms with E-state index in [9.17, 15) is 23.4 Å². The van der Waals surface area contributed by atoms with E-state index < -0.39 is 34.2 Å². The molecule has 0 spiro atoms. The smallest absolute Gasteiger partial charge is 0.240 e. The molecule has 6 rings (SSSR count). The summed E-state index contributed by atoms with van der Waals surface area (Å²) in [5.74, 6) is 1.05. The number of rotatable bonds is 14. The van der Waals surface area contributed by atoms with Gasteiger partial charge < -0.3 is 25.2 Å². The molecule has 4 aliphatic rings. The summed E-state index contributed by atoms with van der Waals surface area (Å²) < 4.78 is 36.4. The third-order valence-corrected chi connectivity index (χ3v) is 13.4.